The molecule has 0 bridgehead atoms. The molecule has 1 aromatic rings. The third-order valence-electron chi connectivity index (χ3n) is 3.64. The van der Waals surface area contributed by atoms with Gasteiger partial charge >= 0.3 is 0 Å². The lowest BCUT2D eigenvalue weighted by Gasteiger charge is -2.28. The molecule has 2 rings (SSSR count). The van der Waals surface area contributed by atoms with Gasteiger partial charge in [-0.2, -0.15) is 0 Å². The molecule has 19 heavy (non-hydrogen) atoms. The number of carbonyl (C=O) groups excluding carboxylic acids is 1. The SMILES string of the molecule is O=C(NC1CCC(CO)CC1)c1cccc(Cl)c1F. The summed E-state index contributed by atoms with van der Waals surface area (Å²) in [4.78, 5) is 12.0. The van der Waals surface area contributed by atoms with Crippen molar-refractivity contribution in [2.45, 2.75) is 31.7 Å². The minimum Gasteiger partial charge on any atom is -0.396 e. The Labute approximate surface area is 116 Å². The Balaban J connectivity index is 1.96. The first-order valence-electron chi connectivity index (χ1n) is 6.47. The molecule has 0 aromatic heterocycles. The lowest BCUT2D eigenvalue weighted by Crippen LogP contribution is -2.38. The van der Waals surface area contributed by atoms with Crippen LogP contribution in [0.1, 0.15) is 36.0 Å². The third-order valence-corrected chi connectivity index (χ3v) is 3.93. The zero-order valence-corrected chi connectivity index (χ0v) is 11.3. The van der Waals surface area contributed by atoms with E-state index >= 15 is 0 Å². The van der Waals surface area contributed by atoms with Gasteiger partial charge < -0.3 is 10.4 Å². The molecule has 0 atom stereocenters. The van der Waals surface area contributed by atoms with Crippen LogP contribution in [0, 0.1) is 11.7 Å². The fourth-order valence-corrected chi connectivity index (χ4v) is 2.61. The lowest BCUT2D eigenvalue weighted by molar-refractivity contribution is 0.0910. The first-order chi connectivity index (χ1) is 9.11. The molecular formula is C14H17ClFNO2. The van der Waals surface area contributed by atoms with Crippen LogP contribution in [0.3, 0.4) is 0 Å². The summed E-state index contributed by atoms with van der Waals surface area (Å²) in [6.45, 7) is 0.198. The van der Waals surface area contributed by atoms with Crippen molar-refractivity contribution in [1.82, 2.24) is 5.32 Å². The highest BCUT2D eigenvalue weighted by Crippen LogP contribution is 2.24. The monoisotopic (exact) mass is 285 g/mol. The number of benzene rings is 1. The van der Waals surface area contributed by atoms with Crippen molar-refractivity contribution in [2.24, 2.45) is 5.92 Å². The predicted octanol–water partition coefficient (Wildman–Crippen LogP) is 2.76. The molecule has 1 fully saturated rings. The first kappa shape index (κ1) is 14.3. The van der Waals surface area contributed by atoms with E-state index in [1.165, 1.54) is 12.1 Å². The van der Waals surface area contributed by atoms with Crippen molar-refractivity contribution in [1.29, 1.82) is 0 Å². The minimum atomic E-state index is -0.675. The third kappa shape index (κ3) is 3.45. The topological polar surface area (TPSA) is 49.3 Å². The van der Waals surface area contributed by atoms with Gasteiger partial charge in [0.25, 0.3) is 5.91 Å². The van der Waals surface area contributed by atoms with E-state index in [0.717, 1.165) is 25.7 Å². The molecule has 1 saturated carbocycles. The number of halogens is 2. The number of amides is 1. The Bertz CT molecular complexity index is 459. The Morgan fingerprint density at radius 1 is 1.37 bits per heavy atom. The van der Waals surface area contributed by atoms with Crippen LogP contribution in [0.2, 0.25) is 5.02 Å². The van der Waals surface area contributed by atoms with Crippen LogP contribution in [-0.4, -0.2) is 23.7 Å². The van der Waals surface area contributed by atoms with E-state index in [4.69, 9.17) is 16.7 Å². The zero-order valence-electron chi connectivity index (χ0n) is 10.5. The van der Waals surface area contributed by atoms with E-state index < -0.39 is 11.7 Å². The summed E-state index contributed by atoms with van der Waals surface area (Å²) in [5, 5.41) is 11.8. The van der Waals surface area contributed by atoms with E-state index in [1.807, 2.05) is 0 Å². The average molecular weight is 286 g/mol. The van der Waals surface area contributed by atoms with Gasteiger partial charge in [0.1, 0.15) is 0 Å². The van der Waals surface area contributed by atoms with Gasteiger partial charge in [-0.05, 0) is 43.7 Å². The van der Waals surface area contributed by atoms with Crippen molar-refractivity contribution >= 4 is 17.5 Å². The molecule has 0 aliphatic heterocycles. The van der Waals surface area contributed by atoms with Crippen molar-refractivity contribution in [3.63, 3.8) is 0 Å². The van der Waals surface area contributed by atoms with Gasteiger partial charge in [0, 0.05) is 12.6 Å². The molecule has 1 aliphatic carbocycles. The largest absolute Gasteiger partial charge is 0.396 e. The maximum atomic E-state index is 13.7. The summed E-state index contributed by atoms with van der Waals surface area (Å²) >= 11 is 5.66. The molecule has 1 aliphatic rings. The van der Waals surface area contributed by atoms with Gasteiger partial charge in [-0.3, -0.25) is 4.79 Å². The van der Waals surface area contributed by atoms with Crippen molar-refractivity contribution in [2.75, 3.05) is 6.61 Å². The predicted molar refractivity (Wildman–Crippen MR) is 71.7 cm³/mol. The molecule has 104 valence electrons. The lowest BCUT2D eigenvalue weighted by atomic mass is 9.86. The second-order valence-electron chi connectivity index (χ2n) is 4.98. The summed E-state index contributed by atoms with van der Waals surface area (Å²) < 4.78 is 13.7. The normalized spacial score (nSPS) is 23.1. The summed E-state index contributed by atoms with van der Waals surface area (Å²) in [6, 6.07) is 4.45. The quantitative estimate of drug-likeness (QED) is 0.897. The molecule has 5 heteroatoms. The molecule has 0 unspecified atom stereocenters. The smallest absolute Gasteiger partial charge is 0.254 e. The van der Waals surface area contributed by atoms with E-state index in [0.29, 0.717) is 5.92 Å². The summed E-state index contributed by atoms with van der Waals surface area (Å²) in [6.07, 6.45) is 3.41. The number of rotatable bonds is 3. The fraction of sp³-hybridized carbons (Fsp3) is 0.500. The standard InChI is InChI=1S/C14H17ClFNO2/c15-12-3-1-2-11(13(12)16)14(19)17-10-6-4-9(8-18)5-7-10/h1-3,9-10,18H,4-8H2,(H,17,19). The molecule has 0 heterocycles. The van der Waals surface area contributed by atoms with Crippen LogP contribution in [-0.2, 0) is 0 Å². The Hall–Kier alpha value is -1.13. The van der Waals surface area contributed by atoms with Gasteiger partial charge in [0.15, 0.2) is 5.82 Å². The van der Waals surface area contributed by atoms with Gasteiger partial charge in [0.2, 0.25) is 0 Å². The Morgan fingerprint density at radius 3 is 2.68 bits per heavy atom. The number of aliphatic hydroxyl groups excluding tert-OH is 1. The molecular weight excluding hydrogens is 269 g/mol. The summed E-state index contributed by atoms with van der Waals surface area (Å²) in [5.41, 5.74) is -0.0169. The average Bonchev–Trinajstić information content (AvgIpc) is 2.42. The first-order valence-corrected chi connectivity index (χ1v) is 6.85. The second-order valence-corrected chi connectivity index (χ2v) is 5.38. The van der Waals surface area contributed by atoms with E-state index in [2.05, 4.69) is 5.32 Å². The van der Waals surface area contributed by atoms with E-state index in [1.54, 1.807) is 6.07 Å². The summed E-state index contributed by atoms with van der Waals surface area (Å²) in [7, 11) is 0. The van der Waals surface area contributed by atoms with Crippen molar-refractivity contribution < 1.29 is 14.3 Å². The number of aliphatic hydroxyl groups is 1. The van der Waals surface area contributed by atoms with Gasteiger partial charge in [-0.25, -0.2) is 4.39 Å². The fourth-order valence-electron chi connectivity index (χ4n) is 2.43. The maximum absolute atomic E-state index is 13.7. The van der Waals surface area contributed by atoms with E-state index in [9.17, 15) is 9.18 Å². The van der Waals surface area contributed by atoms with Crippen LogP contribution in [0.4, 0.5) is 4.39 Å². The molecule has 0 spiro atoms. The van der Waals surface area contributed by atoms with Crippen LogP contribution in [0.15, 0.2) is 18.2 Å². The van der Waals surface area contributed by atoms with Crippen molar-refractivity contribution in [3.8, 4) is 0 Å². The highest BCUT2D eigenvalue weighted by Gasteiger charge is 2.23. The van der Waals surface area contributed by atoms with Gasteiger partial charge in [-0.15, -0.1) is 0 Å². The van der Waals surface area contributed by atoms with Crippen molar-refractivity contribution in [3.05, 3.63) is 34.6 Å². The number of hydrogen-bond acceptors (Lipinski definition) is 2. The highest BCUT2D eigenvalue weighted by molar-refractivity contribution is 6.31. The Kier molecular flexibility index (Phi) is 4.77. The maximum Gasteiger partial charge on any atom is 0.254 e. The molecule has 2 N–H and O–H groups in total. The molecule has 0 saturated heterocycles. The molecule has 1 amide bonds. The molecule has 1 aromatic carbocycles. The zero-order chi connectivity index (χ0) is 13.8. The number of hydrogen-bond donors (Lipinski definition) is 2. The second kappa shape index (κ2) is 6.35. The Morgan fingerprint density at radius 2 is 2.05 bits per heavy atom. The van der Waals surface area contributed by atoms with Crippen LogP contribution in [0.25, 0.3) is 0 Å². The molecule has 3 nitrogen and oxygen atoms in total. The molecule has 0 radical (unpaired) electrons. The van der Waals surface area contributed by atoms with Gasteiger partial charge in [0.05, 0.1) is 10.6 Å². The highest BCUT2D eigenvalue weighted by atomic mass is 35.5. The summed E-state index contributed by atoms with van der Waals surface area (Å²) in [5.74, 6) is -0.769. The number of nitrogens with one attached hydrogen (secondary N) is 1. The van der Waals surface area contributed by atoms with Crippen LogP contribution in [0.5, 0.6) is 0 Å². The van der Waals surface area contributed by atoms with Gasteiger partial charge in [-0.1, -0.05) is 17.7 Å². The van der Waals surface area contributed by atoms with E-state index in [-0.39, 0.29) is 23.2 Å². The number of carbonyl (C=O) groups is 1. The van der Waals surface area contributed by atoms with Crippen LogP contribution < -0.4 is 5.32 Å². The van der Waals surface area contributed by atoms with Crippen LogP contribution >= 0.6 is 11.6 Å². The minimum absolute atomic E-state index is 0.0169.